The lowest BCUT2D eigenvalue weighted by molar-refractivity contribution is -0.137. The highest BCUT2D eigenvalue weighted by Gasteiger charge is 2.31. The zero-order valence-corrected chi connectivity index (χ0v) is 11.1. The second-order valence-electron chi connectivity index (χ2n) is 3.75. The highest BCUT2D eigenvalue weighted by molar-refractivity contribution is 7.92. The fourth-order valence-electron chi connectivity index (χ4n) is 1.42. The molecule has 0 saturated carbocycles. The third-order valence-electron chi connectivity index (χ3n) is 2.24. The van der Waals surface area contributed by atoms with Gasteiger partial charge < -0.3 is 0 Å². The first-order valence-corrected chi connectivity index (χ1v) is 6.94. The van der Waals surface area contributed by atoms with Crippen molar-refractivity contribution in [2.75, 3.05) is 4.72 Å². The number of H-pyrrole nitrogens is 1. The monoisotopic (exact) mass is 325 g/mol. The molecule has 0 radical (unpaired) electrons. The van der Waals surface area contributed by atoms with Crippen LogP contribution in [-0.4, -0.2) is 18.6 Å². The Labute approximate surface area is 116 Å². The molecule has 1 heterocycles. The van der Waals surface area contributed by atoms with E-state index in [0.717, 1.165) is 12.1 Å². The molecular weight excluding hydrogens is 319 g/mol. The highest BCUT2D eigenvalue weighted by Crippen LogP contribution is 2.33. The lowest BCUT2D eigenvalue weighted by Crippen LogP contribution is -2.14. The van der Waals surface area contributed by atoms with E-state index >= 15 is 0 Å². The van der Waals surface area contributed by atoms with Gasteiger partial charge in [-0.25, -0.2) is 0 Å². The Morgan fingerprint density at radius 1 is 1.25 bits per heavy atom. The zero-order chi connectivity index (χ0) is 15.0. The van der Waals surface area contributed by atoms with E-state index in [-0.39, 0.29) is 15.7 Å². The molecule has 10 heteroatoms. The summed E-state index contributed by atoms with van der Waals surface area (Å²) in [6, 6.07) is 3.59. The molecule has 108 valence electrons. The standard InChI is InChI=1S/C10H7ClF3N3O2S/c11-7-3-6(10(12,13)14)4-8(5-7)17-20(18,19)9-1-2-15-16-9/h1-5,17H,(H,15,16). The second-order valence-corrected chi connectivity index (χ2v) is 5.84. The summed E-state index contributed by atoms with van der Waals surface area (Å²) >= 11 is 5.55. The van der Waals surface area contributed by atoms with Crippen molar-refractivity contribution in [2.24, 2.45) is 0 Å². The van der Waals surface area contributed by atoms with Gasteiger partial charge in [-0.2, -0.15) is 26.7 Å². The molecular formula is C10H7ClF3N3O2S. The van der Waals surface area contributed by atoms with Crippen LogP contribution < -0.4 is 4.72 Å². The summed E-state index contributed by atoms with van der Waals surface area (Å²) in [6.07, 6.45) is -3.42. The molecule has 1 aromatic heterocycles. The van der Waals surface area contributed by atoms with Crippen molar-refractivity contribution in [1.29, 1.82) is 0 Å². The fourth-order valence-corrected chi connectivity index (χ4v) is 2.60. The molecule has 0 aliphatic carbocycles. The molecule has 0 atom stereocenters. The van der Waals surface area contributed by atoms with E-state index in [1.807, 2.05) is 4.72 Å². The Kier molecular flexibility index (Phi) is 3.65. The molecule has 2 N–H and O–H groups in total. The van der Waals surface area contributed by atoms with Crippen LogP contribution in [0, 0.1) is 0 Å². The predicted octanol–water partition coefficient (Wildman–Crippen LogP) is 2.88. The van der Waals surface area contributed by atoms with Crippen LogP contribution in [0.25, 0.3) is 0 Å². The molecule has 0 amide bonds. The Bertz CT molecular complexity index is 714. The van der Waals surface area contributed by atoms with Crippen LogP contribution in [0.15, 0.2) is 35.5 Å². The van der Waals surface area contributed by atoms with E-state index < -0.39 is 21.8 Å². The normalized spacial score (nSPS) is 12.4. The number of hydrogen-bond donors (Lipinski definition) is 2. The van der Waals surface area contributed by atoms with Crippen molar-refractivity contribution in [3.05, 3.63) is 41.0 Å². The van der Waals surface area contributed by atoms with E-state index in [0.29, 0.717) is 12.1 Å². The first-order valence-electron chi connectivity index (χ1n) is 5.08. The number of nitrogens with one attached hydrogen (secondary N) is 2. The molecule has 20 heavy (non-hydrogen) atoms. The van der Waals surface area contributed by atoms with Crippen molar-refractivity contribution in [2.45, 2.75) is 11.2 Å². The predicted molar refractivity (Wildman–Crippen MR) is 65.9 cm³/mol. The quantitative estimate of drug-likeness (QED) is 0.911. The largest absolute Gasteiger partial charge is 0.416 e. The van der Waals surface area contributed by atoms with Crippen molar-refractivity contribution in [3.8, 4) is 0 Å². The molecule has 0 fully saturated rings. The van der Waals surface area contributed by atoms with Crippen LogP contribution in [0.2, 0.25) is 5.02 Å². The van der Waals surface area contributed by atoms with Gasteiger partial charge in [-0.05, 0) is 24.3 Å². The van der Waals surface area contributed by atoms with Crippen LogP contribution in [0.3, 0.4) is 0 Å². The van der Waals surface area contributed by atoms with E-state index in [1.54, 1.807) is 0 Å². The van der Waals surface area contributed by atoms with Crippen LogP contribution in [0.5, 0.6) is 0 Å². The van der Waals surface area contributed by atoms with Gasteiger partial charge in [0.2, 0.25) is 0 Å². The maximum Gasteiger partial charge on any atom is 0.416 e. The lowest BCUT2D eigenvalue weighted by atomic mass is 10.2. The molecule has 0 bridgehead atoms. The smallest absolute Gasteiger partial charge is 0.278 e. The van der Waals surface area contributed by atoms with Gasteiger partial charge in [-0.1, -0.05) is 11.6 Å². The number of aromatic nitrogens is 2. The first-order chi connectivity index (χ1) is 9.18. The molecule has 0 aliphatic rings. The highest BCUT2D eigenvalue weighted by atomic mass is 35.5. The molecule has 0 saturated heterocycles. The van der Waals surface area contributed by atoms with Gasteiger partial charge in [0.25, 0.3) is 10.0 Å². The van der Waals surface area contributed by atoms with Gasteiger partial charge in [0.1, 0.15) is 0 Å². The summed E-state index contributed by atoms with van der Waals surface area (Å²) in [5.41, 5.74) is -1.34. The van der Waals surface area contributed by atoms with Gasteiger partial charge >= 0.3 is 6.18 Å². The van der Waals surface area contributed by atoms with Gasteiger partial charge in [0, 0.05) is 5.02 Å². The second kappa shape index (κ2) is 4.98. The summed E-state index contributed by atoms with van der Waals surface area (Å²) in [6.45, 7) is 0. The Balaban J connectivity index is 2.38. The van der Waals surface area contributed by atoms with Crippen molar-refractivity contribution in [3.63, 3.8) is 0 Å². The minimum Gasteiger partial charge on any atom is -0.278 e. The molecule has 5 nitrogen and oxygen atoms in total. The van der Waals surface area contributed by atoms with E-state index in [4.69, 9.17) is 11.6 Å². The van der Waals surface area contributed by atoms with Gasteiger partial charge in [-0.3, -0.25) is 9.82 Å². The number of halogens is 4. The van der Waals surface area contributed by atoms with Crippen molar-refractivity contribution < 1.29 is 21.6 Å². The van der Waals surface area contributed by atoms with Crippen LogP contribution >= 0.6 is 11.6 Å². The van der Waals surface area contributed by atoms with E-state index in [9.17, 15) is 21.6 Å². The van der Waals surface area contributed by atoms with Gasteiger partial charge in [-0.15, -0.1) is 0 Å². The maximum atomic E-state index is 12.6. The van der Waals surface area contributed by atoms with Crippen LogP contribution in [0.1, 0.15) is 5.56 Å². The third-order valence-corrected chi connectivity index (χ3v) is 3.77. The Morgan fingerprint density at radius 3 is 2.50 bits per heavy atom. The number of nitrogens with zero attached hydrogens (tertiary/aromatic N) is 1. The Morgan fingerprint density at radius 2 is 1.95 bits per heavy atom. The number of aromatic amines is 1. The molecule has 2 aromatic rings. The van der Waals surface area contributed by atoms with Crippen molar-refractivity contribution in [1.82, 2.24) is 10.2 Å². The Hall–Kier alpha value is -1.74. The number of sulfonamides is 1. The summed E-state index contributed by atoms with van der Waals surface area (Å²) in [4.78, 5) is 0. The number of hydrogen-bond acceptors (Lipinski definition) is 3. The fraction of sp³-hybridized carbons (Fsp3) is 0.100. The molecule has 0 aliphatic heterocycles. The number of benzene rings is 1. The number of anilines is 1. The van der Waals surface area contributed by atoms with E-state index in [2.05, 4.69) is 10.2 Å². The SMILES string of the molecule is O=S(=O)(Nc1cc(Cl)cc(C(F)(F)F)c1)c1ccn[nH]1. The van der Waals surface area contributed by atoms with Gasteiger partial charge in [0.05, 0.1) is 17.4 Å². The summed E-state index contributed by atoms with van der Waals surface area (Å²) in [5.74, 6) is 0. The average molecular weight is 326 g/mol. The van der Waals surface area contributed by atoms with Gasteiger partial charge in [0.15, 0.2) is 5.03 Å². The molecule has 0 spiro atoms. The first kappa shape index (κ1) is 14.7. The molecule has 1 aromatic carbocycles. The lowest BCUT2D eigenvalue weighted by Gasteiger charge is -2.11. The maximum absolute atomic E-state index is 12.6. The molecule has 0 unspecified atom stereocenters. The number of alkyl halides is 3. The number of rotatable bonds is 3. The van der Waals surface area contributed by atoms with Crippen LogP contribution in [0.4, 0.5) is 18.9 Å². The topological polar surface area (TPSA) is 74.8 Å². The zero-order valence-electron chi connectivity index (χ0n) is 9.57. The summed E-state index contributed by atoms with van der Waals surface area (Å²) in [5, 5.41) is 5.15. The molecule has 2 rings (SSSR count). The summed E-state index contributed by atoms with van der Waals surface area (Å²) in [7, 11) is -4.04. The summed E-state index contributed by atoms with van der Waals surface area (Å²) < 4.78 is 63.5. The minimum atomic E-state index is -4.63. The minimum absolute atomic E-state index is 0.234. The van der Waals surface area contributed by atoms with Crippen LogP contribution in [-0.2, 0) is 16.2 Å². The van der Waals surface area contributed by atoms with E-state index in [1.165, 1.54) is 6.20 Å². The average Bonchev–Trinajstić information content (AvgIpc) is 2.79. The van der Waals surface area contributed by atoms with Crippen molar-refractivity contribution >= 4 is 27.3 Å². The third kappa shape index (κ3) is 3.23.